The third-order valence-corrected chi connectivity index (χ3v) is 3.64. The van der Waals surface area contributed by atoms with Gasteiger partial charge in [-0.2, -0.15) is 9.61 Å². The fourth-order valence-electron chi connectivity index (χ4n) is 1.51. The van der Waals surface area contributed by atoms with Crippen molar-refractivity contribution in [2.24, 2.45) is 0 Å². The van der Waals surface area contributed by atoms with E-state index in [9.17, 15) is 0 Å². The first-order valence-electron chi connectivity index (χ1n) is 4.84. The number of nitrogens with zero attached hydrogens (tertiary/aromatic N) is 6. The molecule has 0 aliphatic rings. The van der Waals surface area contributed by atoms with E-state index in [0.717, 1.165) is 16.0 Å². The summed E-state index contributed by atoms with van der Waals surface area (Å²) < 4.78 is 5.42. The molecule has 0 saturated carbocycles. The van der Waals surface area contributed by atoms with Crippen LogP contribution in [0.15, 0.2) is 6.20 Å². The Kier molecular flexibility index (Phi) is 2.30. The molecule has 8 heteroatoms. The first-order valence-corrected chi connectivity index (χ1v) is 5.99. The van der Waals surface area contributed by atoms with Crippen molar-refractivity contribution in [3.63, 3.8) is 0 Å². The van der Waals surface area contributed by atoms with Crippen LogP contribution in [-0.4, -0.2) is 29.4 Å². The lowest BCUT2D eigenvalue weighted by atomic mass is 10.2. The van der Waals surface area contributed by atoms with Crippen molar-refractivity contribution in [2.45, 2.75) is 13.8 Å². The number of rotatable bonds is 1. The van der Waals surface area contributed by atoms with Gasteiger partial charge in [-0.15, -0.1) is 15.3 Å². The maximum absolute atomic E-state index is 6.07. The van der Waals surface area contributed by atoms with Gasteiger partial charge in [-0.1, -0.05) is 16.1 Å². The molecular weight excluding hydrogens is 260 g/mol. The Bertz CT molecular complexity index is 689. The lowest BCUT2D eigenvalue weighted by Crippen LogP contribution is -1.99. The average molecular weight is 267 g/mol. The van der Waals surface area contributed by atoms with Crippen LogP contribution in [0, 0.1) is 13.8 Å². The Morgan fingerprint density at radius 3 is 2.76 bits per heavy atom. The molecule has 0 bridgehead atoms. The van der Waals surface area contributed by atoms with E-state index >= 15 is 0 Å². The Hall–Kier alpha value is -1.60. The molecule has 3 rings (SSSR count). The molecule has 3 aromatic heterocycles. The van der Waals surface area contributed by atoms with Crippen LogP contribution in [0.4, 0.5) is 0 Å². The summed E-state index contributed by atoms with van der Waals surface area (Å²) in [5, 5.41) is 16.7. The molecular formula is C9H7ClN6S. The summed E-state index contributed by atoms with van der Waals surface area (Å²) in [6.45, 7) is 3.86. The summed E-state index contributed by atoms with van der Waals surface area (Å²) >= 11 is 7.31. The van der Waals surface area contributed by atoms with E-state index in [1.165, 1.54) is 11.5 Å². The van der Waals surface area contributed by atoms with E-state index in [2.05, 4.69) is 24.9 Å². The van der Waals surface area contributed by atoms with E-state index in [-0.39, 0.29) is 0 Å². The Morgan fingerprint density at radius 1 is 1.24 bits per heavy atom. The molecule has 0 radical (unpaired) electrons. The van der Waals surface area contributed by atoms with E-state index in [0.29, 0.717) is 16.6 Å². The molecule has 0 atom stereocenters. The summed E-state index contributed by atoms with van der Waals surface area (Å²) in [7, 11) is 0. The molecule has 3 aromatic rings. The molecule has 0 aliphatic carbocycles. The highest BCUT2D eigenvalue weighted by molar-refractivity contribution is 7.09. The number of hydrogen-bond donors (Lipinski definition) is 0. The number of hydrogen-bond acceptors (Lipinski definition) is 6. The van der Waals surface area contributed by atoms with Gasteiger partial charge in [0.15, 0.2) is 16.6 Å². The summed E-state index contributed by atoms with van der Waals surface area (Å²) in [6.07, 6.45) is 1.63. The minimum atomic E-state index is 0.452. The zero-order valence-corrected chi connectivity index (χ0v) is 10.6. The number of fused-ring (bicyclic) bond motifs is 1. The van der Waals surface area contributed by atoms with Crippen molar-refractivity contribution in [3.8, 4) is 10.7 Å². The van der Waals surface area contributed by atoms with Gasteiger partial charge in [-0.05, 0) is 30.9 Å². The summed E-state index contributed by atoms with van der Waals surface area (Å²) in [5.74, 6) is 0.611. The third kappa shape index (κ3) is 1.50. The summed E-state index contributed by atoms with van der Waals surface area (Å²) in [6, 6.07) is 0. The van der Waals surface area contributed by atoms with E-state index in [1.807, 2.05) is 13.8 Å². The molecule has 17 heavy (non-hydrogen) atoms. The highest BCUT2D eigenvalue weighted by Crippen LogP contribution is 2.24. The molecule has 0 saturated heterocycles. The second-order valence-electron chi connectivity index (χ2n) is 3.58. The monoisotopic (exact) mass is 266 g/mol. The Morgan fingerprint density at radius 2 is 2.06 bits per heavy atom. The van der Waals surface area contributed by atoms with Gasteiger partial charge in [0.1, 0.15) is 4.88 Å². The first-order chi connectivity index (χ1) is 8.18. The molecule has 0 amide bonds. The van der Waals surface area contributed by atoms with Gasteiger partial charge in [-0.25, -0.2) is 0 Å². The molecule has 0 unspecified atom stereocenters. The van der Waals surface area contributed by atoms with Crippen molar-refractivity contribution in [1.82, 2.24) is 29.4 Å². The van der Waals surface area contributed by atoms with Gasteiger partial charge < -0.3 is 0 Å². The van der Waals surface area contributed by atoms with Crippen LogP contribution in [0.2, 0.25) is 5.15 Å². The van der Waals surface area contributed by atoms with Crippen LogP contribution in [0.1, 0.15) is 11.1 Å². The minimum absolute atomic E-state index is 0.452. The van der Waals surface area contributed by atoms with Crippen molar-refractivity contribution >= 4 is 28.8 Å². The normalized spacial score (nSPS) is 11.2. The van der Waals surface area contributed by atoms with Crippen LogP contribution < -0.4 is 0 Å². The van der Waals surface area contributed by atoms with Crippen molar-refractivity contribution in [2.75, 3.05) is 0 Å². The predicted molar refractivity (Wildman–Crippen MR) is 64.2 cm³/mol. The first kappa shape index (κ1) is 10.5. The molecule has 0 fully saturated rings. The standard InChI is InChI=1S/C9H7ClN6S/c1-4-5(2)8-12-13-9(6-3-11-15-17-6)16(8)14-7(4)10/h3H,1-2H3. The van der Waals surface area contributed by atoms with Crippen LogP contribution in [0.3, 0.4) is 0 Å². The van der Waals surface area contributed by atoms with Crippen molar-refractivity contribution in [1.29, 1.82) is 0 Å². The number of halogens is 1. The molecule has 0 N–H and O–H groups in total. The molecule has 0 spiro atoms. The van der Waals surface area contributed by atoms with Crippen LogP contribution in [-0.2, 0) is 0 Å². The lowest BCUT2D eigenvalue weighted by Gasteiger charge is -2.03. The fourth-order valence-corrected chi connectivity index (χ4v) is 2.22. The smallest absolute Gasteiger partial charge is 0.190 e. The van der Waals surface area contributed by atoms with E-state index < -0.39 is 0 Å². The maximum Gasteiger partial charge on any atom is 0.198 e. The highest BCUT2D eigenvalue weighted by Gasteiger charge is 2.15. The summed E-state index contributed by atoms with van der Waals surface area (Å²) in [5.41, 5.74) is 2.59. The van der Waals surface area contributed by atoms with Crippen LogP contribution >= 0.6 is 23.1 Å². The van der Waals surface area contributed by atoms with E-state index in [4.69, 9.17) is 11.6 Å². The van der Waals surface area contributed by atoms with Gasteiger partial charge in [0.05, 0.1) is 6.20 Å². The molecule has 0 aliphatic heterocycles. The minimum Gasteiger partial charge on any atom is -0.190 e. The number of aromatic nitrogens is 6. The fraction of sp³-hybridized carbons (Fsp3) is 0.222. The predicted octanol–water partition coefficient (Wildman–Crippen LogP) is 1.91. The molecule has 86 valence electrons. The van der Waals surface area contributed by atoms with Crippen molar-refractivity contribution in [3.05, 3.63) is 22.5 Å². The zero-order valence-electron chi connectivity index (χ0n) is 9.05. The Balaban J connectivity index is 2.37. The van der Waals surface area contributed by atoms with Crippen LogP contribution in [0.25, 0.3) is 16.3 Å². The molecule has 6 nitrogen and oxygen atoms in total. The van der Waals surface area contributed by atoms with Gasteiger partial charge in [0.25, 0.3) is 0 Å². The quantitative estimate of drug-likeness (QED) is 0.673. The van der Waals surface area contributed by atoms with Crippen LogP contribution in [0.5, 0.6) is 0 Å². The van der Waals surface area contributed by atoms with Crippen molar-refractivity contribution < 1.29 is 0 Å². The van der Waals surface area contributed by atoms with Gasteiger partial charge in [-0.3, -0.25) is 0 Å². The largest absolute Gasteiger partial charge is 0.198 e. The molecule has 0 aromatic carbocycles. The highest BCUT2D eigenvalue weighted by atomic mass is 35.5. The SMILES string of the molecule is Cc1c(Cl)nn2c(-c3cnns3)nnc2c1C. The maximum atomic E-state index is 6.07. The van der Waals surface area contributed by atoms with Gasteiger partial charge >= 0.3 is 0 Å². The average Bonchev–Trinajstić information content (AvgIpc) is 2.93. The van der Waals surface area contributed by atoms with E-state index in [1.54, 1.807) is 10.7 Å². The second-order valence-corrected chi connectivity index (χ2v) is 4.73. The topological polar surface area (TPSA) is 68.9 Å². The second kappa shape index (κ2) is 3.71. The Labute approximate surface area is 105 Å². The summed E-state index contributed by atoms with van der Waals surface area (Å²) in [4.78, 5) is 0.810. The van der Waals surface area contributed by atoms with Gasteiger partial charge in [0, 0.05) is 5.56 Å². The zero-order chi connectivity index (χ0) is 12.0. The molecule has 3 heterocycles. The lowest BCUT2D eigenvalue weighted by molar-refractivity contribution is 0.921. The third-order valence-electron chi connectivity index (χ3n) is 2.62. The number of aryl methyl sites for hydroxylation is 1. The van der Waals surface area contributed by atoms with Gasteiger partial charge in [0.2, 0.25) is 0 Å².